The van der Waals surface area contributed by atoms with E-state index in [2.05, 4.69) is 5.32 Å². The predicted molar refractivity (Wildman–Crippen MR) is 107 cm³/mol. The number of hydrogen-bond donors (Lipinski definition) is 1. The van der Waals surface area contributed by atoms with E-state index in [0.29, 0.717) is 30.2 Å². The van der Waals surface area contributed by atoms with Crippen LogP contribution in [-0.4, -0.2) is 44.0 Å². The zero-order valence-electron chi connectivity index (χ0n) is 16.1. The molecule has 1 aliphatic heterocycles. The minimum absolute atomic E-state index is 0.184. The smallest absolute Gasteiger partial charge is 0.270 e. The number of carbonyl (C=O) groups excluding carboxylic acids is 2. The van der Waals surface area contributed by atoms with Crippen LogP contribution in [0.15, 0.2) is 54.2 Å². The highest BCUT2D eigenvalue weighted by Gasteiger charge is 2.23. The van der Waals surface area contributed by atoms with Crippen molar-refractivity contribution in [3.8, 4) is 11.5 Å². The summed E-state index contributed by atoms with van der Waals surface area (Å²) < 4.78 is 10.6. The quantitative estimate of drug-likeness (QED) is 0.782. The van der Waals surface area contributed by atoms with Crippen LogP contribution in [0, 0.1) is 0 Å². The number of nitrogens with zero attached hydrogens (tertiary/aromatic N) is 1. The third kappa shape index (κ3) is 4.52. The molecule has 146 valence electrons. The van der Waals surface area contributed by atoms with E-state index in [0.717, 1.165) is 18.4 Å². The molecule has 0 saturated carbocycles. The molecule has 0 atom stereocenters. The van der Waals surface area contributed by atoms with E-state index in [4.69, 9.17) is 9.47 Å². The zero-order chi connectivity index (χ0) is 19.9. The zero-order valence-corrected chi connectivity index (χ0v) is 16.1. The SMILES string of the molecule is COc1ccc(/C=C(/NC(=O)c2ccccc2)C(=O)N2CCCC2)cc1OC. The largest absolute Gasteiger partial charge is 0.493 e. The Morgan fingerprint density at radius 1 is 0.964 bits per heavy atom. The van der Waals surface area contributed by atoms with Gasteiger partial charge < -0.3 is 19.7 Å². The summed E-state index contributed by atoms with van der Waals surface area (Å²) >= 11 is 0. The summed E-state index contributed by atoms with van der Waals surface area (Å²) in [7, 11) is 3.12. The highest BCUT2D eigenvalue weighted by atomic mass is 16.5. The molecule has 1 N–H and O–H groups in total. The number of amides is 2. The number of likely N-dealkylation sites (tertiary alicyclic amines) is 1. The molecule has 28 heavy (non-hydrogen) atoms. The first kappa shape index (κ1) is 19.5. The first-order chi connectivity index (χ1) is 13.6. The fraction of sp³-hybridized carbons (Fsp3) is 0.273. The van der Waals surface area contributed by atoms with Crippen LogP contribution in [0.3, 0.4) is 0 Å². The van der Waals surface area contributed by atoms with E-state index in [1.54, 1.807) is 61.6 Å². The Hall–Kier alpha value is -3.28. The van der Waals surface area contributed by atoms with Gasteiger partial charge in [-0.15, -0.1) is 0 Å². The lowest BCUT2D eigenvalue weighted by Crippen LogP contribution is -2.36. The van der Waals surface area contributed by atoms with Crippen molar-refractivity contribution in [1.29, 1.82) is 0 Å². The summed E-state index contributed by atoms with van der Waals surface area (Å²) in [6.07, 6.45) is 3.62. The van der Waals surface area contributed by atoms with Crippen molar-refractivity contribution in [3.05, 3.63) is 65.4 Å². The maximum absolute atomic E-state index is 13.0. The lowest BCUT2D eigenvalue weighted by molar-refractivity contribution is -0.126. The fourth-order valence-electron chi connectivity index (χ4n) is 3.14. The van der Waals surface area contributed by atoms with Gasteiger partial charge in [0.25, 0.3) is 11.8 Å². The summed E-state index contributed by atoms with van der Waals surface area (Å²) in [5.41, 5.74) is 1.46. The average Bonchev–Trinajstić information content (AvgIpc) is 3.28. The molecular formula is C22H24N2O4. The van der Waals surface area contributed by atoms with Crippen LogP contribution in [0.5, 0.6) is 11.5 Å². The molecule has 0 unspecified atom stereocenters. The second-order valence-corrected chi connectivity index (χ2v) is 6.49. The Balaban J connectivity index is 1.92. The van der Waals surface area contributed by atoms with Gasteiger partial charge in [0.05, 0.1) is 14.2 Å². The fourth-order valence-corrected chi connectivity index (χ4v) is 3.14. The van der Waals surface area contributed by atoms with Gasteiger partial charge in [-0.1, -0.05) is 24.3 Å². The summed E-state index contributed by atoms with van der Waals surface area (Å²) in [4.78, 5) is 27.4. The number of hydrogen-bond acceptors (Lipinski definition) is 4. The van der Waals surface area contributed by atoms with Gasteiger partial charge in [0.2, 0.25) is 0 Å². The monoisotopic (exact) mass is 380 g/mol. The van der Waals surface area contributed by atoms with Crippen molar-refractivity contribution < 1.29 is 19.1 Å². The van der Waals surface area contributed by atoms with E-state index in [1.807, 2.05) is 12.1 Å². The molecule has 0 spiro atoms. The van der Waals surface area contributed by atoms with E-state index in [-0.39, 0.29) is 17.5 Å². The molecule has 0 bridgehead atoms. The minimum atomic E-state index is -0.320. The Bertz CT molecular complexity index is 871. The number of ether oxygens (including phenoxy) is 2. The van der Waals surface area contributed by atoms with Crippen molar-refractivity contribution in [1.82, 2.24) is 10.2 Å². The number of carbonyl (C=O) groups is 2. The van der Waals surface area contributed by atoms with Crippen LogP contribution in [0.4, 0.5) is 0 Å². The number of methoxy groups -OCH3 is 2. The topological polar surface area (TPSA) is 67.9 Å². The van der Waals surface area contributed by atoms with Gasteiger partial charge in [-0.2, -0.15) is 0 Å². The first-order valence-corrected chi connectivity index (χ1v) is 9.22. The van der Waals surface area contributed by atoms with Crippen LogP contribution >= 0.6 is 0 Å². The molecule has 6 heteroatoms. The normalized spacial score (nSPS) is 13.9. The van der Waals surface area contributed by atoms with E-state index >= 15 is 0 Å². The van der Waals surface area contributed by atoms with Crippen LogP contribution in [0.1, 0.15) is 28.8 Å². The molecule has 3 rings (SSSR count). The summed E-state index contributed by atoms with van der Waals surface area (Å²) in [6.45, 7) is 1.40. The second kappa shape index (κ2) is 9.08. The molecule has 2 aromatic carbocycles. The van der Waals surface area contributed by atoms with Crippen molar-refractivity contribution in [2.45, 2.75) is 12.8 Å². The highest BCUT2D eigenvalue weighted by molar-refractivity contribution is 6.05. The third-order valence-electron chi connectivity index (χ3n) is 4.63. The van der Waals surface area contributed by atoms with Gasteiger partial charge in [-0.05, 0) is 48.7 Å². The van der Waals surface area contributed by atoms with Gasteiger partial charge in [0.15, 0.2) is 11.5 Å². The molecule has 2 amide bonds. The van der Waals surface area contributed by atoms with Crippen LogP contribution in [0.25, 0.3) is 6.08 Å². The lowest BCUT2D eigenvalue weighted by atomic mass is 10.1. The lowest BCUT2D eigenvalue weighted by Gasteiger charge is -2.18. The predicted octanol–water partition coefficient (Wildman–Crippen LogP) is 3.10. The van der Waals surface area contributed by atoms with Crippen LogP contribution < -0.4 is 14.8 Å². The summed E-state index contributed by atoms with van der Waals surface area (Å²) in [5, 5.41) is 2.78. The Labute approximate surface area is 164 Å². The van der Waals surface area contributed by atoms with Crippen molar-refractivity contribution in [3.63, 3.8) is 0 Å². The van der Waals surface area contributed by atoms with Gasteiger partial charge in [0.1, 0.15) is 5.70 Å². The molecule has 6 nitrogen and oxygen atoms in total. The van der Waals surface area contributed by atoms with Gasteiger partial charge in [-0.25, -0.2) is 0 Å². The summed E-state index contributed by atoms with van der Waals surface area (Å²) in [5.74, 6) is 0.649. The van der Waals surface area contributed by atoms with Gasteiger partial charge in [-0.3, -0.25) is 9.59 Å². The van der Waals surface area contributed by atoms with Gasteiger partial charge in [0, 0.05) is 18.7 Å². The minimum Gasteiger partial charge on any atom is -0.493 e. The molecule has 1 fully saturated rings. The first-order valence-electron chi connectivity index (χ1n) is 9.22. The molecule has 2 aromatic rings. The molecule has 1 saturated heterocycles. The van der Waals surface area contributed by atoms with Gasteiger partial charge >= 0.3 is 0 Å². The Morgan fingerprint density at radius 3 is 2.29 bits per heavy atom. The maximum Gasteiger partial charge on any atom is 0.270 e. The van der Waals surface area contributed by atoms with Crippen molar-refractivity contribution >= 4 is 17.9 Å². The van der Waals surface area contributed by atoms with Crippen molar-refractivity contribution in [2.75, 3.05) is 27.3 Å². The number of rotatable bonds is 6. The standard InChI is InChI=1S/C22H24N2O4/c1-27-19-11-10-16(15-20(19)28-2)14-18(22(26)24-12-6-7-13-24)23-21(25)17-8-4-3-5-9-17/h3-5,8-11,14-15H,6-7,12-13H2,1-2H3,(H,23,25)/b18-14+. The molecule has 0 radical (unpaired) electrons. The molecule has 0 aliphatic carbocycles. The van der Waals surface area contributed by atoms with Crippen LogP contribution in [-0.2, 0) is 4.79 Å². The van der Waals surface area contributed by atoms with E-state index in [9.17, 15) is 9.59 Å². The molecule has 1 aliphatic rings. The molecular weight excluding hydrogens is 356 g/mol. The molecule has 1 heterocycles. The van der Waals surface area contributed by atoms with E-state index < -0.39 is 0 Å². The number of benzene rings is 2. The average molecular weight is 380 g/mol. The molecule has 0 aromatic heterocycles. The Kier molecular flexibility index (Phi) is 6.32. The third-order valence-corrected chi connectivity index (χ3v) is 4.63. The van der Waals surface area contributed by atoms with Crippen LogP contribution in [0.2, 0.25) is 0 Å². The van der Waals surface area contributed by atoms with Crippen molar-refractivity contribution in [2.24, 2.45) is 0 Å². The maximum atomic E-state index is 13.0. The van der Waals surface area contributed by atoms with E-state index in [1.165, 1.54) is 0 Å². The highest BCUT2D eigenvalue weighted by Crippen LogP contribution is 2.28. The summed E-state index contributed by atoms with van der Waals surface area (Å²) in [6, 6.07) is 14.2. The second-order valence-electron chi connectivity index (χ2n) is 6.49. The Morgan fingerprint density at radius 2 is 1.64 bits per heavy atom. The number of nitrogens with one attached hydrogen (secondary N) is 1.